The molecule has 33 heavy (non-hydrogen) atoms. The molecule has 0 aliphatic heterocycles. The van der Waals surface area contributed by atoms with Gasteiger partial charge in [-0.3, -0.25) is 4.79 Å². The minimum absolute atomic E-state index is 0.0735. The van der Waals surface area contributed by atoms with Gasteiger partial charge in [0.25, 0.3) is 5.60 Å². The van der Waals surface area contributed by atoms with Crippen molar-refractivity contribution < 1.29 is 41.4 Å². The number of ketones is 1. The van der Waals surface area contributed by atoms with Crippen LogP contribution in [0.25, 0.3) is 0 Å². The summed E-state index contributed by atoms with van der Waals surface area (Å²) in [5.74, 6) is -0.0316. The van der Waals surface area contributed by atoms with Crippen molar-refractivity contribution in [2.24, 2.45) is 22.7 Å². The molecular weight excluding hydrogens is 450 g/mol. The van der Waals surface area contributed by atoms with E-state index in [1.165, 1.54) is 0 Å². The van der Waals surface area contributed by atoms with Gasteiger partial charge in [0.15, 0.2) is 0 Å². The van der Waals surface area contributed by atoms with Gasteiger partial charge < -0.3 is 10.2 Å². The van der Waals surface area contributed by atoms with Crippen molar-refractivity contribution in [2.75, 3.05) is 0 Å². The van der Waals surface area contributed by atoms with Gasteiger partial charge in [-0.1, -0.05) is 26.3 Å². The Kier molecular flexibility index (Phi) is 7.82. The van der Waals surface area contributed by atoms with Crippen molar-refractivity contribution in [1.82, 2.24) is 0 Å². The van der Waals surface area contributed by atoms with Gasteiger partial charge in [-0.2, -0.15) is 26.3 Å². The van der Waals surface area contributed by atoms with E-state index in [1.54, 1.807) is 13.8 Å². The van der Waals surface area contributed by atoms with Gasteiger partial charge >= 0.3 is 12.4 Å². The van der Waals surface area contributed by atoms with Crippen LogP contribution in [0.3, 0.4) is 0 Å². The second-order valence-electron chi connectivity index (χ2n) is 11.2. The molecule has 2 fully saturated rings. The Morgan fingerprint density at radius 2 is 1.58 bits per heavy atom. The van der Waals surface area contributed by atoms with Gasteiger partial charge in [0.1, 0.15) is 5.78 Å². The molecule has 0 aromatic carbocycles. The molecule has 0 radical (unpaired) electrons. The minimum Gasteiger partial charge on any atom is -0.390 e. The van der Waals surface area contributed by atoms with Gasteiger partial charge in [-0.15, -0.1) is 0 Å². The van der Waals surface area contributed by atoms with Crippen LogP contribution in [-0.4, -0.2) is 39.6 Å². The maximum Gasteiger partial charge on any atom is 0.429 e. The first kappa shape index (κ1) is 28.1. The number of aliphatic hydroxyl groups is 2. The molecule has 0 spiro atoms. The fourth-order valence-corrected chi connectivity index (χ4v) is 6.27. The highest BCUT2D eigenvalue weighted by atomic mass is 19.4. The molecule has 2 N–H and O–H groups in total. The molecule has 0 aromatic heterocycles. The molecule has 3 nitrogen and oxygen atoms in total. The Labute approximate surface area is 191 Å². The third-order valence-electron chi connectivity index (χ3n) is 8.05. The van der Waals surface area contributed by atoms with Crippen molar-refractivity contribution in [2.45, 2.75) is 109 Å². The van der Waals surface area contributed by atoms with Crippen LogP contribution in [0, 0.1) is 22.7 Å². The zero-order chi connectivity index (χ0) is 25.5. The topological polar surface area (TPSA) is 57.5 Å². The van der Waals surface area contributed by atoms with Crippen molar-refractivity contribution in [3.8, 4) is 0 Å². The van der Waals surface area contributed by atoms with Crippen LogP contribution in [-0.2, 0) is 4.79 Å². The first-order valence-electron chi connectivity index (χ1n) is 11.6. The van der Waals surface area contributed by atoms with Gasteiger partial charge in [-0.25, -0.2) is 0 Å². The van der Waals surface area contributed by atoms with Gasteiger partial charge in [-0.05, 0) is 81.6 Å². The molecule has 2 saturated carbocycles. The summed E-state index contributed by atoms with van der Waals surface area (Å²) in [6, 6.07) is 0. The number of hydrogen-bond donors (Lipinski definition) is 2. The third-order valence-corrected chi connectivity index (χ3v) is 8.05. The lowest BCUT2D eigenvalue weighted by Crippen LogP contribution is -2.55. The quantitative estimate of drug-likeness (QED) is 0.303. The van der Waals surface area contributed by atoms with E-state index < -0.39 is 29.0 Å². The zero-order valence-electron chi connectivity index (χ0n) is 19.7. The van der Waals surface area contributed by atoms with E-state index >= 15 is 0 Å². The predicted molar refractivity (Wildman–Crippen MR) is 112 cm³/mol. The highest BCUT2D eigenvalue weighted by Crippen LogP contribution is 2.61. The smallest absolute Gasteiger partial charge is 0.390 e. The predicted octanol–water partition coefficient (Wildman–Crippen LogP) is 6.52. The molecular formula is C24H36F6O3. The summed E-state index contributed by atoms with van der Waals surface area (Å²) >= 11 is 0. The normalized spacial score (nSPS) is 29.4. The van der Waals surface area contributed by atoms with E-state index in [-0.39, 0.29) is 35.5 Å². The van der Waals surface area contributed by atoms with E-state index in [0.29, 0.717) is 38.5 Å². The Balaban J connectivity index is 2.36. The fraction of sp³-hybridized carbons (Fsp3) is 0.875. The van der Waals surface area contributed by atoms with E-state index in [1.807, 2.05) is 13.8 Å². The monoisotopic (exact) mass is 486 g/mol. The third kappa shape index (κ3) is 5.77. The van der Waals surface area contributed by atoms with Crippen LogP contribution in [0.2, 0.25) is 0 Å². The lowest BCUT2D eigenvalue weighted by molar-refractivity contribution is -0.347. The van der Waals surface area contributed by atoms with Crippen molar-refractivity contribution in [1.29, 1.82) is 0 Å². The number of fused-ring (bicyclic) bond motifs is 1. The second kappa shape index (κ2) is 9.17. The van der Waals surface area contributed by atoms with E-state index in [0.717, 1.165) is 18.9 Å². The number of rotatable bonds is 8. The highest BCUT2D eigenvalue weighted by Gasteiger charge is 2.69. The molecule has 192 valence electrons. The van der Waals surface area contributed by atoms with Crippen molar-refractivity contribution >= 4 is 5.78 Å². The average Bonchev–Trinajstić information content (AvgIpc) is 2.97. The lowest BCUT2D eigenvalue weighted by Gasteiger charge is -2.48. The van der Waals surface area contributed by atoms with Crippen molar-refractivity contribution in [3.63, 3.8) is 0 Å². The number of carbonyl (C=O) groups is 1. The van der Waals surface area contributed by atoms with Crippen LogP contribution in [0.1, 0.15) is 85.5 Å². The number of Topliss-reactive ketones (excluding diaryl/α,β-unsaturated/α-hetero) is 1. The molecule has 2 aliphatic carbocycles. The number of halogens is 6. The van der Waals surface area contributed by atoms with E-state index in [9.17, 15) is 41.4 Å². The largest absolute Gasteiger partial charge is 0.429 e. The first-order valence-corrected chi connectivity index (χ1v) is 11.6. The summed E-state index contributed by atoms with van der Waals surface area (Å²) in [5, 5.41) is 19.6. The van der Waals surface area contributed by atoms with Crippen LogP contribution in [0.5, 0.6) is 0 Å². The summed E-state index contributed by atoms with van der Waals surface area (Å²) in [7, 11) is 0. The summed E-state index contributed by atoms with van der Waals surface area (Å²) in [5.41, 5.74) is -6.93. The van der Waals surface area contributed by atoms with Crippen LogP contribution >= 0.6 is 0 Å². The molecule has 0 saturated heterocycles. The van der Waals surface area contributed by atoms with E-state index in [4.69, 9.17) is 0 Å². The maximum atomic E-state index is 13.1. The summed E-state index contributed by atoms with van der Waals surface area (Å²) in [6.45, 7) is 7.15. The van der Waals surface area contributed by atoms with Gasteiger partial charge in [0.2, 0.25) is 0 Å². The number of allylic oxidation sites excluding steroid dienone is 1. The molecule has 2 rings (SSSR count). The molecule has 4 atom stereocenters. The Morgan fingerprint density at radius 1 is 1.00 bits per heavy atom. The molecule has 2 aliphatic rings. The lowest BCUT2D eigenvalue weighted by atomic mass is 9.56. The fourth-order valence-electron chi connectivity index (χ4n) is 6.27. The first-order chi connectivity index (χ1) is 14.8. The molecule has 9 heteroatoms. The van der Waals surface area contributed by atoms with Crippen molar-refractivity contribution in [3.05, 3.63) is 12.2 Å². The minimum atomic E-state index is -5.90. The SMILES string of the molecule is CC(C)(O)CCC[C@](C)(C/C=C/C(O)(C(F)(F)F)C(F)(F)F)[C@H]1CCC2C(=O)CCC[C@@]21C. The molecule has 0 amide bonds. The van der Waals surface area contributed by atoms with Crippen LogP contribution in [0.4, 0.5) is 26.3 Å². The Hall–Kier alpha value is -1.09. The molecule has 1 unspecified atom stereocenters. The second-order valence-corrected chi connectivity index (χ2v) is 11.2. The molecule has 0 heterocycles. The zero-order valence-corrected chi connectivity index (χ0v) is 19.7. The Morgan fingerprint density at radius 3 is 2.09 bits per heavy atom. The highest BCUT2D eigenvalue weighted by molar-refractivity contribution is 5.83. The summed E-state index contributed by atoms with van der Waals surface area (Å²) in [6.07, 6.45) is -6.52. The number of hydrogen-bond acceptors (Lipinski definition) is 3. The molecule has 0 aromatic rings. The van der Waals surface area contributed by atoms with Crippen LogP contribution < -0.4 is 0 Å². The van der Waals surface area contributed by atoms with Crippen LogP contribution in [0.15, 0.2) is 12.2 Å². The Bertz CT molecular complexity index is 722. The summed E-state index contributed by atoms with van der Waals surface area (Å²) < 4.78 is 78.6. The van der Waals surface area contributed by atoms with Gasteiger partial charge in [0.05, 0.1) is 5.60 Å². The standard InChI is InChI=1S/C24H36F6O3/c1-19(2,32)11-6-12-20(3,13-7-15-22(33,23(25,26)27)24(28,29)30)18-10-9-16-17(31)8-5-14-21(16,18)4/h7,15-16,18,32-33H,5-6,8-14H2,1-4H3/b15-7+/t16?,18-,20-,21+/m1/s1. The summed E-state index contributed by atoms with van der Waals surface area (Å²) in [4.78, 5) is 12.5. The van der Waals surface area contributed by atoms with E-state index in [2.05, 4.69) is 0 Å². The maximum absolute atomic E-state index is 13.1. The molecule has 0 bridgehead atoms. The number of alkyl halides is 6. The number of carbonyl (C=O) groups excluding carboxylic acids is 1. The van der Waals surface area contributed by atoms with Gasteiger partial charge in [0, 0.05) is 12.3 Å². The average molecular weight is 487 g/mol.